The molecule has 1 aromatic carbocycles. The summed E-state index contributed by atoms with van der Waals surface area (Å²) in [7, 11) is 0. The molecule has 0 radical (unpaired) electrons. The van der Waals surface area contributed by atoms with Crippen LogP contribution >= 0.6 is 15.9 Å². The molecule has 0 N–H and O–H groups in total. The molecule has 106 valence electrons. The number of hydrogen-bond donors (Lipinski definition) is 0. The predicted octanol–water partition coefficient (Wildman–Crippen LogP) is 3.18. The lowest BCUT2D eigenvalue weighted by Crippen LogP contribution is -2.57. The molecule has 0 amide bonds. The average molecular weight is 347 g/mol. The molecule has 0 saturated carbocycles. The Balaban J connectivity index is 1.62. The normalized spacial score (nSPS) is 17.0. The van der Waals surface area contributed by atoms with E-state index < -0.39 is 5.67 Å². The van der Waals surface area contributed by atoms with Gasteiger partial charge in [0.15, 0.2) is 5.67 Å². The van der Waals surface area contributed by atoms with Gasteiger partial charge in [0.25, 0.3) is 0 Å². The maximum absolute atomic E-state index is 14.9. The van der Waals surface area contributed by atoms with Gasteiger partial charge in [-0.3, -0.25) is 4.40 Å². The molecule has 3 heterocycles. The van der Waals surface area contributed by atoms with E-state index in [4.69, 9.17) is 0 Å². The minimum atomic E-state index is -1.29. The van der Waals surface area contributed by atoms with Gasteiger partial charge in [0.05, 0.1) is 13.1 Å². The second-order valence-corrected chi connectivity index (χ2v) is 6.14. The first-order valence-electron chi connectivity index (χ1n) is 6.64. The molecule has 3 aromatic rings. The number of rotatable bonds is 2. The van der Waals surface area contributed by atoms with Gasteiger partial charge in [0.2, 0.25) is 5.78 Å². The molecule has 0 spiro atoms. The second-order valence-electron chi connectivity index (χ2n) is 5.23. The number of aromatic nitrogens is 3. The fraction of sp³-hybridized carbons (Fsp3) is 0.200. The Morgan fingerprint density at radius 1 is 1.05 bits per heavy atom. The number of halogens is 2. The number of anilines is 1. The second kappa shape index (κ2) is 4.53. The minimum Gasteiger partial charge on any atom is -0.350 e. The first-order valence-corrected chi connectivity index (χ1v) is 7.43. The minimum absolute atomic E-state index is 0.339. The predicted molar refractivity (Wildman–Crippen MR) is 82.1 cm³/mol. The maximum atomic E-state index is 14.9. The molecule has 2 aromatic heterocycles. The highest BCUT2D eigenvalue weighted by molar-refractivity contribution is 9.10. The Labute approximate surface area is 129 Å². The van der Waals surface area contributed by atoms with Crippen LogP contribution in [0.25, 0.3) is 5.78 Å². The van der Waals surface area contributed by atoms with E-state index in [1.807, 2.05) is 45.8 Å². The van der Waals surface area contributed by atoms with Crippen molar-refractivity contribution in [3.8, 4) is 0 Å². The molecule has 0 aliphatic carbocycles. The summed E-state index contributed by atoms with van der Waals surface area (Å²) < 4.78 is 17.8. The fourth-order valence-electron chi connectivity index (χ4n) is 2.73. The van der Waals surface area contributed by atoms with Crippen LogP contribution in [0.2, 0.25) is 0 Å². The molecule has 1 aliphatic heterocycles. The monoisotopic (exact) mass is 346 g/mol. The third kappa shape index (κ3) is 2.01. The van der Waals surface area contributed by atoms with Gasteiger partial charge < -0.3 is 4.90 Å². The van der Waals surface area contributed by atoms with Gasteiger partial charge in [-0.05, 0) is 23.8 Å². The van der Waals surface area contributed by atoms with Crippen LogP contribution < -0.4 is 4.90 Å². The summed E-state index contributed by atoms with van der Waals surface area (Å²) in [6.07, 6.45) is 5.24. The van der Waals surface area contributed by atoms with Gasteiger partial charge in [-0.2, -0.15) is 0 Å². The zero-order valence-electron chi connectivity index (χ0n) is 11.1. The molecule has 1 fully saturated rings. The summed E-state index contributed by atoms with van der Waals surface area (Å²) in [5.41, 5.74) is -0.575. The summed E-state index contributed by atoms with van der Waals surface area (Å²) in [6, 6.07) is 9.30. The Morgan fingerprint density at radius 2 is 1.76 bits per heavy atom. The number of imidazole rings is 1. The third-order valence-electron chi connectivity index (χ3n) is 3.85. The van der Waals surface area contributed by atoms with Crippen LogP contribution in [0, 0.1) is 0 Å². The smallest absolute Gasteiger partial charge is 0.235 e. The van der Waals surface area contributed by atoms with E-state index in [-0.39, 0.29) is 0 Å². The Morgan fingerprint density at radius 3 is 2.52 bits per heavy atom. The molecule has 4 nitrogen and oxygen atoms in total. The van der Waals surface area contributed by atoms with Gasteiger partial charge in [-0.15, -0.1) is 0 Å². The zero-order valence-corrected chi connectivity index (χ0v) is 12.7. The van der Waals surface area contributed by atoms with Crippen molar-refractivity contribution in [2.75, 3.05) is 18.0 Å². The zero-order chi connectivity index (χ0) is 14.4. The summed E-state index contributed by atoms with van der Waals surface area (Å²) in [6.45, 7) is 0.678. The lowest BCUT2D eigenvalue weighted by Gasteiger charge is -2.46. The average Bonchev–Trinajstić information content (AvgIpc) is 2.93. The van der Waals surface area contributed by atoms with E-state index in [0.29, 0.717) is 18.9 Å². The van der Waals surface area contributed by atoms with E-state index in [9.17, 15) is 4.39 Å². The van der Waals surface area contributed by atoms with Crippen LogP contribution in [0.4, 0.5) is 10.2 Å². The van der Waals surface area contributed by atoms with Crippen LogP contribution in [0.1, 0.15) is 5.56 Å². The van der Waals surface area contributed by atoms with Crippen LogP contribution in [0.15, 0.2) is 53.4 Å². The van der Waals surface area contributed by atoms with Gasteiger partial charge >= 0.3 is 0 Å². The highest BCUT2D eigenvalue weighted by Gasteiger charge is 2.45. The lowest BCUT2D eigenvalue weighted by atomic mass is 9.88. The van der Waals surface area contributed by atoms with Gasteiger partial charge in [0, 0.05) is 23.1 Å². The number of hydrogen-bond acceptors (Lipinski definition) is 3. The van der Waals surface area contributed by atoms with Gasteiger partial charge in [-0.1, -0.05) is 28.1 Å². The van der Waals surface area contributed by atoms with Crippen molar-refractivity contribution in [1.82, 2.24) is 14.4 Å². The fourth-order valence-corrected chi connectivity index (χ4v) is 2.99. The molecule has 1 aliphatic rings. The summed E-state index contributed by atoms with van der Waals surface area (Å²) in [4.78, 5) is 10.3. The molecule has 6 heteroatoms. The molecule has 1 saturated heterocycles. The van der Waals surface area contributed by atoms with E-state index in [1.54, 1.807) is 12.4 Å². The van der Waals surface area contributed by atoms with E-state index >= 15 is 0 Å². The molecule has 21 heavy (non-hydrogen) atoms. The number of alkyl halides is 1. The van der Waals surface area contributed by atoms with Crippen molar-refractivity contribution in [3.63, 3.8) is 0 Å². The summed E-state index contributed by atoms with van der Waals surface area (Å²) >= 11 is 3.37. The molecule has 0 bridgehead atoms. The largest absolute Gasteiger partial charge is 0.350 e. The number of fused-ring (bicyclic) bond motifs is 1. The standard InChI is InChI=1S/C15H12BrFN4/c16-12-3-1-11(2-4-12)15(17)9-20(10-15)13-5-6-18-14-19-7-8-21(13)14/h1-8H,9-10H2. The molecule has 4 rings (SSSR count). The van der Waals surface area contributed by atoms with E-state index in [1.165, 1.54) is 0 Å². The highest BCUT2D eigenvalue weighted by Crippen LogP contribution is 2.39. The molecule has 0 atom stereocenters. The molecular formula is C15H12BrFN4. The molecular weight excluding hydrogens is 335 g/mol. The van der Waals surface area contributed by atoms with Crippen LogP contribution in [0.5, 0.6) is 0 Å². The highest BCUT2D eigenvalue weighted by atomic mass is 79.9. The summed E-state index contributed by atoms with van der Waals surface area (Å²) in [5.74, 6) is 1.55. The van der Waals surface area contributed by atoms with E-state index in [2.05, 4.69) is 25.9 Å². The SMILES string of the molecule is FC1(c2ccc(Br)cc2)CN(c2ccnc3nccn23)C1. The maximum Gasteiger partial charge on any atom is 0.235 e. The van der Waals surface area contributed by atoms with Crippen LogP contribution in [-0.4, -0.2) is 27.5 Å². The van der Waals surface area contributed by atoms with Crippen LogP contribution in [-0.2, 0) is 5.67 Å². The lowest BCUT2D eigenvalue weighted by molar-refractivity contribution is 0.119. The third-order valence-corrected chi connectivity index (χ3v) is 4.38. The van der Waals surface area contributed by atoms with Crippen molar-refractivity contribution in [2.45, 2.75) is 5.67 Å². The van der Waals surface area contributed by atoms with Crippen molar-refractivity contribution < 1.29 is 4.39 Å². The Hall–Kier alpha value is -1.95. The Kier molecular flexibility index (Phi) is 2.75. The van der Waals surface area contributed by atoms with E-state index in [0.717, 1.165) is 15.9 Å². The van der Waals surface area contributed by atoms with Crippen molar-refractivity contribution in [2.24, 2.45) is 0 Å². The summed E-state index contributed by atoms with van der Waals surface area (Å²) in [5, 5.41) is 0. The Bertz CT molecular complexity index is 793. The first kappa shape index (κ1) is 12.8. The van der Waals surface area contributed by atoms with Crippen LogP contribution in [0.3, 0.4) is 0 Å². The number of nitrogens with zero attached hydrogens (tertiary/aromatic N) is 4. The topological polar surface area (TPSA) is 33.4 Å². The van der Waals surface area contributed by atoms with Crippen molar-refractivity contribution >= 4 is 27.5 Å². The first-order chi connectivity index (χ1) is 10.2. The van der Waals surface area contributed by atoms with Crippen molar-refractivity contribution in [1.29, 1.82) is 0 Å². The van der Waals surface area contributed by atoms with Crippen molar-refractivity contribution in [3.05, 3.63) is 59.0 Å². The van der Waals surface area contributed by atoms with Gasteiger partial charge in [0.1, 0.15) is 5.82 Å². The quantitative estimate of drug-likeness (QED) is 0.714. The molecule has 0 unspecified atom stereocenters. The van der Waals surface area contributed by atoms with Gasteiger partial charge in [-0.25, -0.2) is 14.4 Å². The number of benzene rings is 1.